The number of aromatic nitrogens is 2. The van der Waals surface area contributed by atoms with Crippen molar-refractivity contribution in [2.45, 2.75) is 17.6 Å². The van der Waals surface area contributed by atoms with Crippen LogP contribution in [0.4, 0.5) is 8.78 Å². The van der Waals surface area contributed by atoms with E-state index in [4.69, 9.17) is 16.0 Å². The Morgan fingerprint density at radius 1 is 1.12 bits per heavy atom. The highest BCUT2D eigenvalue weighted by atomic mass is 35.5. The van der Waals surface area contributed by atoms with E-state index in [-0.39, 0.29) is 5.75 Å². The molecule has 0 saturated heterocycles. The van der Waals surface area contributed by atoms with Crippen LogP contribution in [0.5, 0.6) is 5.75 Å². The Hall–Kier alpha value is -2.12. The maximum Gasteiger partial charge on any atom is 0.387 e. The molecule has 0 aliphatic carbocycles. The number of ether oxygens (including phenoxy) is 1. The van der Waals surface area contributed by atoms with Gasteiger partial charge in [-0.1, -0.05) is 41.6 Å². The molecule has 1 aromatic heterocycles. The van der Waals surface area contributed by atoms with Gasteiger partial charge in [-0.2, -0.15) is 8.78 Å². The van der Waals surface area contributed by atoms with E-state index in [1.807, 2.05) is 6.07 Å². The van der Waals surface area contributed by atoms with Gasteiger partial charge in [-0.3, -0.25) is 0 Å². The van der Waals surface area contributed by atoms with E-state index in [1.54, 1.807) is 30.3 Å². The first-order chi connectivity index (χ1) is 11.6. The largest absolute Gasteiger partial charge is 0.435 e. The molecule has 0 bridgehead atoms. The topological polar surface area (TPSA) is 48.2 Å². The van der Waals surface area contributed by atoms with Gasteiger partial charge in [0.2, 0.25) is 5.89 Å². The van der Waals surface area contributed by atoms with E-state index in [0.717, 1.165) is 11.1 Å². The summed E-state index contributed by atoms with van der Waals surface area (Å²) < 4.78 is 34.1. The van der Waals surface area contributed by atoms with Crippen LogP contribution in [0.25, 0.3) is 11.5 Å². The second-order valence-corrected chi connectivity index (χ2v) is 6.06. The van der Waals surface area contributed by atoms with Crippen LogP contribution < -0.4 is 4.74 Å². The predicted molar refractivity (Wildman–Crippen MR) is 87.4 cm³/mol. The summed E-state index contributed by atoms with van der Waals surface area (Å²) in [6.07, 6.45) is 0. The van der Waals surface area contributed by atoms with Crippen LogP contribution in [-0.2, 0) is 5.75 Å². The summed E-state index contributed by atoms with van der Waals surface area (Å²) in [5, 5.41) is 8.96. The van der Waals surface area contributed by atoms with Crippen molar-refractivity contribution in [3.8, 4) is 17.2 Å². The SMILES string of the molecule is FC(F)Oc1ccc(CSc2nnc(-c3cccc(Cl)c3)o2)cc1. The summed E-state index contributed by atoms with van der Waals surface area (Å²) in [4.78, 5) is 0. The maximum atomic E-state index is 12.1. The molecule has 0 fully saturated rings. The molecular formula is C16H11ClF2N2O2S. The lowest BCUT2D eigenvalue weighted by Gasteiger charge is -2.04. The van der Waals surface area contributed by atoms with Crippen LogP contribution >= 0.6 is 23.4 Å². The van der Waals surface area contributed by atoms with Gasteiger partial charge in [-0.05, 0) is 35.9 Å². The zero-order valence-corrected chi connectivity index (χ0v) is 13.7. The molecule has 0 amide bonds. The number of alkyl halides is 2. The molecule has 0 atom stereocenters. The number of thioether (sulfide) groups is 1. The van der Waals surface area contributed by atoms with Crippen molar-refractivity contribution in [1.29, 1.82) is 0 Å². The highest BCUT2D eigenvalue weighted by Crippen LogP contribution is 2.27. The fraction of sp³-hybridized carbons (Fsp3) is 0.125. The maximum absolute atomic E-state index is 12.1. The lowest BCUT2D eigenvalue weighted by Crippen LogP contribution is -2.01. The predicted octanol–water partition coefficient (Wildman–Crippen LogP) is 5.28. The molecule has 4 nitrogen and oxygen atoms in total. The molecule has 3 aromatic rings. The number of rotatable bonds is 6. The third kappa shape index (κ3) is 4.46. The van der Waals surface area contributed by atoms with Gasteiger partial charge in [0.05, 0.1) is 0 Å². The van der Waals surface area contributed by atoms with Crippen LogP contribution in [0, 0.1) is 0 Å². The van der Waals surface area contributed by atoms with Crippen molar-refractivity contribution in [2.75, 3.05) is 0 Å². The van der Waals surface area contributed by atoms with Crippen LogP contribution in [-0.4, -0.2) is 16.8 Å². The van der Waals surface area contributed by atoms with Crippen LogP contribution in [0.15, 0.2) is 58.2 Å². The standard InChI is InChI=1S/C16H11ClF2N2O2S/c17-12-3-1-2-11(8-12)14-20-21-16(23-14)24-9-10-4-6-13(7-5-10)22-15(18)19/h1-8,15H,9H2. The van der Waals surface area contributed by atoms with Gasteiger partial charge in [0.1, 0.15) is 5.75 Å². The quantitative estimate of drug-likeness (QED) is 0.554. The fourth-order valence-electron chi connectivity index (χ4n) is 1.92. The molecule has 1 heterocycles. The van der Waals surface area contributed by atoms with Crippen molar-refractivity contribution >= 4 is 23.4 Å². The molecule has 0 aliphatic heterocycles. The molecule has 0 spiro atoms. The summed E-state index contributed by atoms with van der Waals surface area (Å²) in [6, 6.07) is 13.5. The smallest absolute Gasteiger partial charge is 0.387 e. The van der Waals surface area contributed by atoms with Crippen molar-refractivity contribution in [2.24, 2.45) is 0 Å². The lowest BCUT2D eigenvalue weighted by molar-refractivity contribution is -0.0498. The molecular weight excluding hydrogens is 358 g/mol. The van der Waals surface area contributed by atoms with E-state index in [1.165, 1.54) is 23.9 Å². The number of hydrogen-bond acceptors (Lipinski definition) is 5. The van der Waals surface area contributed by atoms with Gasteiger partial charge < -0.3 is 9.15 Å². The first-order valence-corrected chi connectivity index (χ1v) is 8.22. The third-order valence-corrected chi connectivity index (χ3v) is 4.11. The molecule has 8 heteroatoms. The summed E-state index contributed by atoms with van der Waals surface area (Å²) >= 11 is 7.29. The molecule has 0 aliphatic rings. The van der Waals surface area contributed by atoms with Crippen LogP contribution in [0.3, 0.4) is 0 Å². The normalized spacial score (nSPS) is 11.0. The van der Waals surface area contributed by atoms with Crippen LogP contribution in [0.1, 0.15) is 5.56 Å². The van der Waals surface area contributed by atoms with Gasteiger partial charge in [-0.25, -0.2) is 0 Å². The molecule has 0 unspecified atom stereocenters. The van der Waals surface area contributed by atoms with Crippen molar-refractivity contribution in [1.82, 2.24) is 10.2 Å². The Balaban J connectivity index is 1.61. The second kappa shape index (κ2) is 7.63. The summed E-state index contributed by atoms with van der Waals surface area (Å²) in [6.45, 7) is -2.83. The van der Waals surface area contributed by atoms with Gasteiger partial charge in [-0.15, -0.1) is 10.2 Å². The third-order valence-electron chi connectivity index (χ3n) is 2.99. The average molecular weight is 369 g/mol. The molecule has 2 aromatic carbocycles. The van der Waals surface area contributed by atoms with E-state index in [0.29, 0.717) is 21.9 Å². The zero-order valence-electron chi connectivity index (χ0n) is 12.2. The van der Waals surface area contributed by atoms with Crippen molar-refractivity contribution in [3.05, 3.63) is 59.1 Å². The van der Waals surface area contributed by atoms with E-state index in [2.05, 4.69) is 14.9 Å². The molecule has 24 heavy (non-hydrogen) atoms. The molecule has 0 saturated carbocycles. The number of halogens is 3. The first-order valence-electron chi connectivity index (χ1n) is 6.86. The van der Waals surface area contributed by atoms with E-state index in [9.17, 15) is 8.78 Å². The fourth-order valence-corrected chi connectivity index (χ4v) is 2.83. The highest BCUT2D eigenvalue weighted by Gasteiger charge is 2.10. The molecule has 0 radical (unpaired) electrons. The minimum atomic E-state index is -2.83. The monoisotopic (exact) mass is 368 g/mol. The highest BCUT2D eigenvalue weighted by molar-refractivity contribution is 7.98. The van der Waals surface area contributed by atoms with Crippen molar-refractivity contribution < 1.29 is 17.9 Å². The summed E-state index contributed by atoms with van der Waals surface area (Å²) in [5.74, 6) is 1.08. The van der Waals surface area contributed by atoms with Gasteiger partial charge in [0.15, 0.2) is 0 Å². The molecule has 3 rings (SSSR count). The Bertz CT molecular complexity index is 812. The summed E-state index contributed by atoms with van der Waals surface area (Å²) in [5.41, 5.74) is 1.67. The Morgan fingerprint density at radius 2 is 1.92 bits per heavy atom. The number of benzene rings is 2. The second-order valence-electron chi connectivity index (χ2n) is 4.69. The van der Waals surface area contributed by atoms with E-state index >= 15 is 0 Å². The van der Waals surface area contributed by atoms with Crippen LogP contribution in [0.2, 0.25) is 5.02 Å². The Kier molecular flexibility index (Phi) is 5.32. The minimum Gasteiger partial charge on any atom is -0.435 e. The lowest BCUT2D eigenvalue weighted by atomic mass is 10.2. The van der Waals surface area contributed by atoms with Gasteiger partial charge >= 0.3 is 6.61 Å². The number of nitrogens with zero attached hydrogens (tertiary/aromatic N) is 2. The Labute approximate surface area is 145 Å². The minimum absolute atomic E-state index is 0.125. The molecule has 0 N–H and O–H groups in total. The van der Waals surface area contributed by atoms with Gasteiger partial charge in [0, 0.05) is 16.3 Å². The Morgan fingerprint density at radius 3 is 2.62 bits per heavy atom. The first kappa shape index (κ1) is 16.7. The van der Waals surface area contributed by atoms with E-state index < -0.39 is 6.61 Å². The number of hydrogen-bond donors (Lipinski definition) is 0. The average Bonchev–Trinajstić information content (AvgIpc) is 3.03. The molecule has 124 valence electrons. The van der Waals surface area contributed by atoms with Crippen molar-refractivity contribution in [3.63, 3.8) is 0 Å². The zero-order chi connectivity index (χ0) is 16.9. The van der Waals surface area contributed by atoms with Gasteiger partial charge in [0.25, 0.3) is 5.22 Å². The summed E-state index contributed by atoms with van der Waals surface area (Å²) in [7, 11) is 0.